The summed E-state index contributed by atoms with van der Waals surface area (Å²) in [6.07, 6.45) is 11.0. The molecular formula is C43H48N4O6. The Hall–Kier alpha value is -5.77. The molecule has 2 amide bonds. The van der Waals surface area contributed by atoms with Crippen molar-refractivity contribution >= 4 is 17.8 Å². The molecular weight excluding hydrogens is 668 g/mol. The predicted octanol–water partition coefficient (Wildman–Crippen LogP) is 8.33. The van der Waals surface area contributed by atoms with Gasteiger partial charge in [0.05, 0.1) is 12.9 Å². The zero-order chi connectivity index (χ0) is 37.8. The van der Waals surface area contributed by atoms with Gasteiger partial charge in [0.1, 0.15) is 17.6 Å². The number of benzene rings is 3. The number of furan rings is 1. The summed E-state index contributed by atoms with van der Waals surface area (Å²) in [6.45, 7) is 9.17. The number of ether oxygens (including phenoxy) is 1. The zero-order valence-corrected chi connectivity index (χ0v) is 30.8. The first-order valence-electron chi connectivity index (χ1n) is 18.1. The SMILES string of the molecule is CCCCCCCOc1ccc(-c2cnc(-c3ccc(C[C@H](NC(=O)c4ccc(C(C)(C)C)cc4)C(=O)NC(C(=O)O)c4ccco4)cc3)nc2)cc1. The summed E-state index contributed by atoms with van der Waals surface area (Å²) in [4.78, 5) is 48.2. The molecule has 0 fully saturated rings. The number of carboxylic acids is 1. The van der Waals surface area contributed by atoms with Gasteiger partial charge in [-0.3, -0.25) is 9.59 Å². The third-order valence-corrected chi connectivity index (χ3v) is 9.00. The van der Waals surface area contributed by atoms with Crippen LogP contribution in [0.25, 0.3) is 22.5 Å². The number of nitrogens with zero attached hydrogens (tertiary/aromatic N) is 2. The van der Waals surface area contributed by atoms with Crippen molar-refractivity contribution < 1.29 is 28.6 Å². The average Bonchev–Trinajstić information content (AvgIpc) is 3.70. The van der Waals surface area contributed by atoms with Gasteiger partial charge in [-0.2, -0.15) is 0 Å². The van der Waals surface area contributed by atoms with Crippen LogP contribution in [0.4, 0.5) is 0 Å². The predicted molar refractivity (Wildman–Crippen MR) is 204 cm³/mol. The van der Waals surface area contributed by atoms with Gasteiger partial charge in [-0.15, -0.1) is 0 Å². The molecule has 0 spiro atoms. The molecule has 2 heterocycles. The first kappa shape index (κ1) is 38.5. The fraction of sp³-hybridized carbons (Fsp3) is 0.326. The summed E-state index contributed by atoms with van der Waals surface area (Å²) < 4.78 is 11.2. The first-order valence-corrected chi connectivity index (χ1v) is 18.1. The zero-order valence-electron chi connectivity index (χ0n) is 30.8. The van der Waals surface area contributed by atoms with Crippen molar-refractivity contribution in [3.05, 3.63) is 126 Å². The van der Waals surface area contributed by atoms with Gasteiger partial charge in [0, 0.05) is 35.5 Å². The smallest absolute Gasteiger partial charge is 0.334 e. The highest BCUT2D eigenvalue weighted by molar-refractivity contribution is 5.98. The average molecular weight is 717 g/mol. The second-order valence-corrected chi connectivity index (χ2v) is 14.1. The Kier molecular flexibility index (Phi) is 13.2. The molecule has 2 atom stereocenters. The lowest BCUT2D eigenvalue weighted by Crippen LogP contribution is -2.50. The highest BCUT2D eigenvalue weighted by atomic mass is 16.5. The van der Waals surface area contributed by atoms with Crippen molar-refractivity contribution in [1.82, 2.24) is 20.6 Å². The molecule has 5 aromatic rings. The standard InChI is InChI=1S/C43H48N4O6/c1-5-6-7-8-9-24-52-35-22-18-30(19-23-35)33-27-44-39(45-28-33)31-14-12-29(13-15-31)26-36(41(49)47-38(42(50)51)37-11-10-25-53-37)46-40(48)32-16-20-34(21-17-32)43(2,3)4/h10-23,25,27-28,36,38H,5-9,24,26H2,1-4H3,(H,46,48)(H,47,49)(H,50,51)/t36-,38?/m0/s1. The van der Waals surface area contributed by atoms with Gasteiger partial charge in [0.25, 0.3) is 5.91 Å². The van der Waals surface area contributed by atoms with Gasteiger partial charge >= 0.3 is 5.97 Å². The second kappa shape index (κ2) is 18.1. The summed E-state index contributed by atoms with van der Waals surface area (Å²) in [5.41, 5.74) is 4.72. The molecule has 1 unspecified atom stereocenters. The highest BCUT2D eigenvalue weighted by Gasteiger charge is 2.30. The van der Waals surface area contributed by atoms with Gasteiger partial charge < -0.3 is 24.9 Å². The molecule has 0 saturated carbocycles. The quantitative estimate of drug-likeness (QED) is 0.0815. The van der Waals surface area contributed by atoms with E-state index in [0.29, 0.717) is 18.0 Å². The largest absolute Gasteiger partial charge is 0.494 e. The van der Waals surface area contributed by atoms with E-state index >= 15 is 0 Å². The minimum absolute atomic E-state index is 0.0681. The number of carbonyl (C=O) groups excluding carboxylic acids is 2. The van der Waals surface area contributed by atoms with Gasteiger partial charge in [0.15, 0.2) is 11.9 Å². The lowest BCUT2D eigenvalue weighted by Gasteiger charge is -2.22. The maximum atomic E-state index is 13.6. The van der Waals surface area contributed by atoms with E-state index in [4.69, 9.17) is 9.15 Å². The van der Waals surface area contributed by atoms with Crippen LogP contribution in [0.15, 0.2) is 108 Å². The van der Waals surface area contributed by atoms with Crippen molar-refractivity contribution in [2.75, 3.05) is 6.61 Å². The molecule has 0 radical (unpaired) electrons. The van der Waals surface area contributed by atoms with Crippen molar-refractivity contribution in [3.8, 4) is 28.3 Å². The normalized spacial score (nSPS) is 12.5. The number of rotatable bonds is 17. The molecule has 0 aliphatic carbocycles. The van der Waals surface area contributed by atoms with E-state index in [-0.39, 0.29) is 17.6 Å². The Morgan fingerprint density at radius 3 is 2.06 bits per heavy atom. The number of aliphatic carboxylic acids is 1. The Morgan fingerprint density at radius 2 is 1.45 bits per heavy atom. The molecule has 3 N–H and O–H groups in total. The van der Waals surface area contributed by atoms with Crippen LogP contribution in [0.3, 0.4) is 0 Å². The summed E-state index contributed by atoms with van der Waals surface area (Å²) in [7, 11) is 0. The molecule has 10 heteroatoms. The molecule has 3 aromatic carbocycles. The van der Waals surface area contributed by atoms with E-state index in [2.05, 4.69) is 48.3 Å². The summed E-state index contributed by atoms with van der Waals surface area (Å²) in [5, 5.41) is 15.2. The van der Waals surface area contributed by atoms with Crippen molar-refractivity contribution in [3.63, 3.8) is 0 Å². The van der Waals surface area contributed by atoms with Crippen LogP contribution in [-0.2, 0) is 21.4 Å². The van der Waals surface area contributed by atoms with E-state index in [1.54, 1.807) is 30.6 Å². The maximum absolute atomic E-state index is 13.6. The Bertz CT molecular complexity index is 1920. The van der Waals surface area contributed by atoms with Crippen LogP contribution in [0.2, 0.25) is 0 Å². The monoisotopic (exact) mass is 716 g/mol. The number of carbonyl (C=O) groups is 3. The van der Waals surface area contributed by atoms with Gasteiger partial charge in [-0.25, -0.2) is 14.8 Å². The van der Waals surface area contributed by atoms with Gasteiger partial charge in [-0.05, 0) is 64.9 Å². The van der Waals surface area contributed by atoms with Crippen molar-refractivity contribution in [2.45, 2.75) is 83.7 Å². The second-order valence-electron chi connectivity index (χ2n) is 14.1. The molecule has 5 rings (SSSR count). The number of hydrogen-bond donors (Lipinski definition) is 3. The lowest BCUT2D eigenvalue weighted by molar-refractivity contribution is -0.142. The Balaban J connectivity index is 1.26. The summed E-state index contributed by atoms with van der Waals surface area (Å²) in [5.74, 6) is -0.971. The summed E-state index contributed by atoms with van der Waals surface area (Å²) in [6, 6.07) is 23.0. The van der Waals surface area contributed by atoms with Crippen LogP contribution < -0.4 is 15.4 Å². The Morgan fingerprint density at radius 1 is 0.792 bits per heavy atom. The molecule has 10 nitrogen and oxygen atoms in total. The van der Waals surface area contributed by atoms with E-state index in [1.165, 1.54) is 38.0 Å². The fourth-order valence-electron chi connectivity index (χ4n) is 5.82. The first-order chi connectivity index (χ1) is 25.5. The van der Waals surface area contributed by atoms with Crippen LogP contribution >= 0.6 is 0 Å². The topological polar surface area (TPSA) is 144 Å². The van der Waals surface area contributed by atoms with E-state index in [1.807, 2.05) is 60.7 Å². The minimum Gasteiger partial charge on any atom is -0.494 e. The third kappa shape index (κ3) is 10.9. The van der Waals surface area contributed by atoms with Gasteiger partial charge in [-0.1, -0.05) is 102 Å². The molecule has 0 aliphatic rings. The number of amides is 2. The number of carboxylic acid groups (broad SMARTS) is 1. The number of aromatic nitrogens is 2. The number of unbranched alkanes of at least 4 members (excludes halogenated alkanes) is 4. The molecule has 276 valence electrons. The molecule has 0 bridgehead atoms. The molecule has 2 aromatic heterocycles. The molecule has 0 saturated heterocycles. The number of nitrogens with one attached hydrogen (secondary N) is 2. The van der Waals surface area contributed by atoms with Crippen molar-refractivity contribution in [2.24, 2.45) is 0 Å². The minimum atomic E-state index is -1.43. The summed E-state index contributed by atoms with van der Waals surface area (Å²) >= 11 is 0. The van der Waals surface area contributed by atoms with E-state index in [9.17, 15) is 19.5 Å². The number of hydrogen-bond acceptors (Lipinski definition) is 7. The van der Waals surface area contributed by atoms with Crippen LogP contribution in [-0.4, -0.2) is 45.5 Å². The van der Waals surface area contributed by atoms with E-state index in [0.717, 1.165) is 40.0 Å². The van der Waals surface area contributed by atoms with Crippen LogP contribution in [0, 0.1) is 0 Å². The van der Waals surface area contributed by atoms with Crippen LogP contribution in [0.5, 0.6) is 5.75 Å². The van der Waals surface area contributed by atoms with E-state index < -0.39 is 29.9 Å². The molecule has 0 aliphatic heterocycles. The maximum Gasteiger partial charge on any atom is 0.334 e. The molecule has 53 heavy (non-hydrogen) atoms. The lowest BCUT2D eigenvalue weighted by atomic mass is 9.86. The van der Waals surface area contributed by atoms with Crippen LogP contribution in [0.1, 0.15) is 93.1 Å². The van der Waals surface area contributed by atoms with Crippen molar-refractivity contribution in [1.29, 1.82) is 0 Å². The fourth-order valence-corrected chi connectivity index (χ4v) is 5.82. The third-order valence-electron chi connectivity index (χ3n) is 9.00. The highest BCUT2D eigenvalue weighted by Crippen LogP contribution is 2.25. The Labute approximate surface area is 311 Å². The van der Waals surface area contributed by atoms with Gasteiger partial charge in [0.2, 0.25) is 5.91 Å².